The fraction of sp³-hybridized carbons (Fsp3) is 0.600. The smallest absolute Gasteiger partial charge is 0.491 e. The number of ether oxygens (including phenoxy) is 1. The van der Waals surface area contributed by atoms with E-state index in [-0.39, 0.29) is 30.1 Å². The topological polar surface area (TPSA) is 96.1 Å². The zero-order valence-corrected chi connectivity index (χ0v) is 18.2. The first-order valence-electron chi connectivity index (χ1n) is 10.4. The summed E-state index contributed by atoms with van der Waals surface area (Å²) >= 11 is 0.957. The van der Waals surface area contributed by atoms with Crippen LogP contribution in [0.4, 0.5) is 13.2 Å². The molecule has 2 aliphatic rings. The van der Waals surface area contributed by atoms with Gasteiger partial charge in [-0.3, -0.25) is 10.1 Å². The van der Waals surface area contributed by atoms with Crippen molar-refractivity contribution in [1.29, 1.82) is 5.26 Å². The fourth-order valence-electron chi connectivity index (χ4n) is 3.79. The minimum absolute atomic E-state index is 0.103. The second-order valence-electron chi connectivity index (χ2n) is 7.75. The molecule has 12 heteroatoms. The predicted molar refractivity (Wildman–Crippen MR) is 112 cm³/mol. The minimum Gasteiger partial charge on any atom is -0.613 e. The van der Waals surface area contributed by atoms with Crippen LogP contribution in [0, 0.1) is 16.5 Å². The molecule has 3 atom stereocenters. The van der Waals surface area contributed by atoms with Crippen molar-refractivity contribution in [3.63, 3.8) is 0 Å². The number of nitrogens with zero attached hydrogens (tertiary/aromatic N) is 3. The van der Waals surface area contributed by atoms with E-state index in [0.717, 1.165) is 44.2 Å². The number of halogens is 3. The number of likely N-dealkylation sites (tertiary alicyclic amines) is 1. The summed E-state index contributed by atoms with van der Waals surface area (Å²) in [5.74, 6) is -2.06. The molecule has 0 aliphatic carbocycles. The van der Waals surface area contributed by atoms with Gasteiger partial charge in [0.05, 0.1) is 12.6 Å². The lowest BCUT2D eigenvalue weighted by molar-refractivity contribution is -0.923. The van der Waals surface area contributed by atoms with E-state index >= 15 is 0 Å². The van der Waals surface area contributed by atoms with Crippen LogP contribution in [-0.2, 0) is 16.1 Å². The van der Waals surface area contributed by atoms with Crippen molar-refractivity contribution in [3.8, 4) is 6.07 Å². The maximum absolute atomic E-state index is 12.5. The summed E-state index contributed by atoms with van der Waals surface area (Å²) in [4.78, 5) is 14.8. The third kappa shape index (κ3) is 6.81. The van der Waals surface area contributed by atoms with Crippen LogP contribution in [0.3, 0.4) is 0 Å². The molecule has 8 nitrogen and oxygen atoms in total. The van der Waals surface area contributed by atoms with E-state index in [9.17, 15) is 28.4 Å². The second kappa shape index (κ2) is 11.3. The molecule has 2 N–H and O–H groups in total. The number of esters is 1. The Bertz CT molecular complexity index is 787. The number of hydrogen-bond acceptors (Lipinski definition) is 8. The molecule has 3 unspecified atom stereocenters. The van der Waals surface area contributed by atoms with E-state index in [1.807, 2.05) is 24.3 Å². The summed E-state index contributed by atoms with van der Waals surface area (Å²) < 4.78 is 42.0. The van der Waals surface area contributed by atoms with Gasteiger partial charge in [-0.2, -0.15) is 23.9 Å². The molecule has 0 aromatic heterocycles. The van der Waals surface area contributed by atoms with Gasteiger partial charge in [-0.25, -0.2) is 9.69 Å². The molecule has 2 fully saturated rings. The van der Waals surface area contributed by atoms with Crippen LogP contribution in [-0.4, -0.2) is 71.5 Å². The van der Waals surface area contributed by atoms with E-state index < -0.39 is 23.7 Å². The Hall–Kier alpha value is -1.88. The molecule has 0 radical (unpaired) electrons. The summed E-state index contributed by atoms with van der Waals surface area (Å²) in [6.45, 7) is 2.72. The van der Waals surface area contributed by atoms with Crippen LogP contribution in [0.25, 0.3) is 0 Å². The van der Waals surface area contributed by atoms with Gasteiger partial charge in [0.15, 0.2) is 0 Å². The number of nitrogens with one attached hydrogen (secondary N) is 2. The van der Waals surface area contributed by atoms with Crippen molar-refractivity contribution in [3.05, 3.63) is 41.1 Å². The molecule has 2 heterocycles. The Balaban J connectivity index is 1.41. The monoisotopic (exact) mass is 473 g/mol. The Morgan fingerprint density at radius 2 is 2.00 bits per heavy atom. The number of carbonyl (C=O) groups excluding carboxylic acids is 1. The molecular weight excluding hydrogens is 447 g/mol. The number of hydrogen-bond donors (Lipinski definition) is 2. The van der Waals surface area contributed by atoms with Crippen molar-refractivity contribution in [2.45, 2.75) is 43.2 Å². The highest BCUT2D eigenvalue weighted by atomic mass is 32.2. The summed E-state index contributed by atoms with van der Waals surface area (Å²) in [6, 6.07) is 11.3. The molecular formula is C20H26F3N5O3S. The fourth-order valence-corrected chi connectivity index (χ4v) is 5.00. The zero-order valence-electron chi connectivity index (χ0n) is 17.4. The Morgan fingerprint density at radius 1 is 1.31 bits per heavy atom. The maximum atomic E-state index is 12.5. The minimum atomic E-state index is -5.10. The molecule has 2 saturated heterocycles. The standard InChI is InChI=1S/C20H26F3N5O3S/c21-20(22,23)18(29)31-19-27(17(12-24)14-32-19)11-8-25-28(30)16-6-9-26(10-7-16)13-15-4-2-1-3-5-15/h1-5,16-17,19,25,28H,6-11,13-14H2. The van der Waals surface area contributed by atoms with Gasteiger partial charge in [-0.15, -0.1) is 0 Å². The largest absolute Gasteiger partial charge is 0.613 e. The Kier molecular flexibility index (Phi) is 8.75. The molecule has 176 valence electrons. The van der Waals surface area contributed by atoms with Gasteiger partial charge in [0, 0.05) is 44.8 Å². The van der Waals surface area contributed by atoms with Gasteiger partial charge in [0.25, 0.3) is 0 Å². The molecule has 3 rings (SSSR count). The molecule has 0 bridgehead atoms. The highest BCUT2D eigenvalue weighted by molar-refractivity contribution is 8.00. The van der Waals surface area contributed by atoms with Crippen LogP contribution >= 0.6 is 11.8 Å². The van der Waals surface area contributed by atoms with Crippen LogP contribution in [0.2, 0.25) is 0 Å². The number of piperidine rings is 1. The highest BCUT2D eigenvalue weighted by Gasteiger charge is 2.45. The van der Waals surface area contributed by atoms with Gasteiger partial charge < -0.3 is 9.94 Å². The quantitative estimate of drug-likeness (QED) is 0.424. The highest BCUT2D eigenvalue weighted by Crippen LogP contribution is 2.31. The van der Waals surface area contributed by atoms with Gasteiger partial charge in [-0.05, 0) is 5.56 Å². The van der Waals surface area contributed by atoms with Gasteiger partial charge in [0.1, 0.15) is 12.1 Å². The number of quaternary nitrogens is 1. The van der Waals surface area contributed by atoms with E-state index in [1.165, 1.54) is 10.5 Å². The lowest BCUT2D eigenvalue weighted by Crippen LogP contribution is -3.18. The number of alkyl halides is 3. The molecule has 0 spiro atoms. The van der Waals surface area contributed by atoms with Crippen molar-refractivity contribution in [1.82, 2.24) is 15.2 Å². The number of nitriles is 1. The number of rotatable bonds is 8. The van der Waals surface area contributed by atoms with Gasteiger partial charge in [0.2, 0.25) is 5.56 Å². The number of hydroxylamine groups is 1. The van der Waals surface area contributed by atoms with Crippen molar-refractivity contribution in [2.75, 3.05) is 31.9 Å². The normalized spacial score (nSPS) is 24.2. The lowest BCUT2D eigenvalue weighted by atomic mass is 10.0. The molecule has 0 saturated carbocycles. The van der Waals surface area contributed by atoms with Crippen LogP contribution in [0.1, 0.15) is 18.4 Å². The summed E-state index contributed by atoms with van der Waals surface area (Å²) in [7, 11) is 0. The van der Waals surface area contributed by atoms with Crippen molar-refractivity contribution >= 4 is 17.7 Å². The van der Waals surface area contributed by atoms with E-state index in [2.05, 4.69) is 27.2 Å². The Morgan fingerprint density at radius 3 is 2.62 bits per heavy atom. The summed E-state index contributed by atoms with van der Waals surface area (Å²) in [6.07, 6.45) is -3.64. The van der Waals surface area contributed by atoms with Gasteiger partial charge in [-0.1, -0.05) is 42.1 Å². The third-order valence-electron chi connectivity index (χ3n) is 5.53. The van der Waals surface area contributed by atoms with E-state index in [0.29, 0.717) is 0 Å². The SMILES string of the molecule is N#CC1CSC(OC(=O)C(F)(F)F)N1CCN[NH+]([O-])C1CCN(Cc2ccccc2)CC1. The van der Waals surface area contributed by atoms with E-state index in [1.54, 1.807) is 0 Å². The zero-order chi connectivity index (χ0) is 23.1. The average Bonchev–Trinajstić information content (AvgIpc) is 3.15. The first kappa shape index (κ1) is 24.8. The summed E-state index contributed by atoms with van der Waals surface area (Å²) in [5.41, 5.74) is 2.84. The number of thioether (sulfide) groups is 1. The molecule has 1 aromatic rings. The van der Waals surface area contributed by atoms with Crippen LogP contribution in [0.5, 0.6) is 0 Å². The van der Waals surface area contributed by atoms with Crippen molar-refractivity contribution in [2.24, 2.45) is 0 Å². The maximum Gasteiger partial charge on any atom is 0.491 e. The predicted octanol–water partition coefficient (Wildman–Crippen LogP) is 0.868. The first-order chi connectivity index (χ1) is 15.3. The average molecular weight is 474 g/mol. The second-order valence-corrected chi connectivity index (χ2v) is 8.82. The third-order valence-corrected chi connectivity index (χ3v) is 6.69. The number of carbonyl (C=O) groups is 1. The molecule has 1 aromatic carbocycles. The van der Waals surface area contributed by atoms with E-state index in [4.69, 9.17) is 0 Å². The molecule has 0 amide bonds. The molecule has 2 aliphatic heterocycles. The summed E-state index contributed by atoms with van der Waals surface area (Å²) in [5, 5.41) is 21.7. The van der Waals surface area contributed by atoms with Gasteiger partial charge >= 0.3 is 12.1 Å². The van der Waals surface area contributed by atoms with Crippen molar-refractivity contribution < 1.29 is 27.9 Å². The first-order valence-corrected chi connectivity index (χ1v) is 11.4. The number of benzene rings is 1. The Labute approximate surface area is 188 Å². The lowest BCUT2D eigenvalue weighted by Gasteiger charge is -2.38. The van der Waals surface area contributed by atoms with Crippen LogP contribution < -0.4 is 10.6 Å². The van der Waals surface area contributed by atoms with Crippen LogP contribution in [0.15, 0.2) is 30.3 Å². The molecule has 32 heavy (non-hydrogen) atoms.